The van der Waals surface area contributed by atoms with Gasteiger partial charge in [-0.25, -0.2) is 4.98 Å². The van der Waals surface area contributed by atoms with E-state index in [1.807, 2.05) is 79.6 Å². The van der Waals surface area contributed by atoms with Gasteiger partial charge in [0, 0.05) is 54.6 Å². The van der Waals surface area contributed by atoms with E-state index < -0.39 is 72.7 Å². The first-order valence-corrected chi connectivity index (χ1v) is 20.9. The molecule has 3 aliphatic rings. The van der Waals surface area contributed by atoms with Gasteiger partial charge in [-0.1, -0.05) is 138 Å². The Hall–Kier alpha value is -6.79. The molecule has 3 aliphatic heterocycles. The molecule has 5 heteroatoms. The second-order valence-corrected chi connectivity index (χ2v) is 17.5. The van der Waals surface area contributed by atoms with E-state index in [2.05, 4.69) is 49.6 Å². The molecule has 2 aromatic heterocycles. The Morgan fingerprint density at radius 1 is 0.694 bits per heavy atom. The van der Waals surface area contributed by atoms with Crippen molar-refractivity contribution in [1.82, 2.24) is 18.5 Å². The summed E-state index contributed by atoms with van der Waals surface area (Å²) in [7, 11) is 0. The average Bonchev–Trinajstić information content (AvgIpc) is 4.08. The Labute approximate surface area is 381 Å². The van der Waals surface area contributed by atoms with Crippen molar-refractivity contribution in [3.63, 3.8) is 0 Å². The van der Waals surface area contributed by atoms with Gasteiger partial charge in [-0.3, -0.25) is 13.5 Å². The van der Waals surface area contributed by atoms with E-state index in [4.69, 9.17) is 17.9 Å². The standard InChI is InChI=1S/C57H51N4O/c1-39(2)33-42-21-14-28-53-55(42)61(56-47(40-17-8-6-9-18-40)25-16-26-48(56)41-19-10-7-11-20-41)37-60(53,38-61)44-22-15-23-45(35-44)62-46-29-30-50-49-24-12-13-27-51(49)59(52(50)36-46)54-34-43(31-32-58-54)57(3,4)5/h6-32,34-37,39H,33,38H2,1-5H3/q+1/t60-,61-/m1/s1/i6D,7D,8D,9D,10D,11D,17D,18D,19D,20D,33D2. The zero-order chi connectivity index (χ0) is 52.7. The minimum absolute atomic E-state index is 0.0480. The van der Waals surface area contributed by atoms with Crippen LogP contribution in [0.5, 0.6) is 11.5 Å². The number of pyridine rings is 1. The molecule has 2 bridgehead atoms. The first kappa shape index (κ1) is 27.2. The normalized spacial score (nSPS) is 20.9. The van der Waals surface area contributed by atoms with Gasteiger partial charge in [0.25, 0.3) is 0 Å². The van der Waals surface area contributed by atoms with E-state index in [-0.39, 0.29) is 49.0 Å². The van der Waals surface area contributed by atoms with Crippen LogP contribution in [0, 0.1) is 12.6 Å². The molecule has 0 N–H and O–H groups in total. The summed E-state index contributed by atoms with van der Waals surface area (Å²) in [6.45, 7) is 12.2. The van der Waals surface area contributed by atoms with Gasteiger partial charge in [0.2, 0.25) is 0 Å². The van der Waals surface area contributed by atoms with Crippen LogP contribution in [0.1, 0.15) is 62.2 Å². The lowest BCUT2D eigenvalue weighted by molar-refractivity contribution is 0.187. The quantitative estimate of drug-likeness (QED) is 0.107. The van der Waals surface area contributed by atoms with Gasteiger partial charge in [0.05, 0.1) is 31.4 Å². The van der Waals surface area contributed by atoms with E-state index in [9.17, 15) is 8.22 Å². The molecule has 5 nitrogen and oxygen atoms in total. The topological polar surface area (TPSA) is 27.1 Å². The summed E-state index contributed by atoms with van der Waals surface area (Å²) in [5.41, 5.74) is 5.58. The third-order valence-corrected chi connectivity index (χ3v) is 12.1. The number of rotatable bonds is 9. The first-order valence-electron chi connectivity index (χ1n) is 26.9. The van der Waals surface area contributed by atoms with Crippen molar-refractivity contribution in [3.8, 4) is 39.6 Å². The summed E-state index contributed by atoms with van der Waals surface area (Å²) in [4.78, 5) is 4.84. The highest BCUT2D eigenvalue weighted by atomic mass is 16.5. The first-order chi connectivity index (χ1) is 35.0. The third kappa shape index (κ3) is 6.02. The summed E-state index contributed by atoms with van der Waals surface area (Å²) in [6, 6.07) is 31.0. The fraction of sp³-hybridized carbons (Fsp3) is 0.158. The van der Waals surface area contributed by atoms with Gasteiger partial charge in [-0.15, -0.1) is 0 Å². The van der Waals surface area contributed by atoms with Crippen LogP contribution in [-0.4, -0.2) is 16.2 Å². The molecule has 62 heavy (non-hydrogen) atoms. The zero-order valence-electron chi connectivity index (χ0n) is 47.1. The van der Waals surface area contributed by atoms with Crippen LogP contribution in [0.25, 0.3) is 49.9 Å². The fourth-order valence-corrected chi connectivity index (χ4v) is 9.51. The minimum atomic E-state index is -1.94. The molecule has 1 saturated heterocycles. The van der Waals surface area contributed by atoms with Crippen LogP contribution in [0.4, 0.5) is 22.7 Å². The molecule has 0 amide bonds. The molecule has 0 unspecified atom stereocenters. The maximum atomic E-state index is 9.66. The summed E-state index contributed by atoms with van der Waals surface area (Å²) in [6.07, 6.45) is -0.0952. The molecule has 0 aliphatic carbocycles. The molecule has 5 heterocycles. The molecule has 7 aromatic carbocycles. The number of quaternary nitrogens is 2. The molecule has 2 atom stereocenters. The summed E-state index contributed by atoms with van der Waals surface area (Å²) in [5, 5.41) is 2.10. The van der Waals surface area contributed by atoms with Crippen LogP contribution in [0.2, 0.25) is 0 Å². The highest BCUT2D eigenvalue weighted by Crippen LogP contribution is 2.68. The minimum Gasteiger partial charge on any atom is -0.457 e. The third-order valence-electron chi connectivity index (χ3n) is 12.1. The predicted molar refractivity (Wildman–Crippen MR) is 258 cm³/mol. The van der Waals surface area contributed by atoms with E-state index in [0.717, 1.165) is 38.9 Å². The maximum Gasteiger partial charge on any atom is 0.186 e. The molecule has 12 rings (SSSR count). The van der Waals surface area contributed by atoms with Crippen molar-refractivity contribution in [2.24, 2.45) is 5.92 Å². The van der Waals surface area contributed by atoms with Crippen LogP contribution in [0.3, 0.4) is 0 Å². The van der Waals surface area contributed by atoms with Gasteiger partial charge in [0.1, 0.15) is 28.7 Å². The number of ether oxygens (including phenoxy) is 1. The highest BCUT2D eigenvalue weighted by Gasteiger charge is 2.64. The molecular weight excluding hydrogens is 757 g/mol. The van der Waals surface area contributed by atoms with Gasteiger partial charge in [-0.05, 0) is 89.0 Å². The number of benzene rings is 7. The molecule has 9 aromatic rings. The van der Waals surface area contributed by atoms with Crippen LogP contribution >= 0.6 is 0 Å². The fourth-order valence-electron chi connectivity index (χ4n) is 9.51. The number of aromatic nitrogens is 2. The maximum absolute atomic E-state index is 9.66. The summed E-state index contributed by atoms with van der Waals surface area (Å²) in [5.74, 6) is 1.35. The molecule has 1 fully saturated rings. The molecule has 0 radical (unpaired) electrons. The Kier molecular flexibility index (Phi) is 6.32. The lowest BCUT2D eigenvalue weighted by Crippen LogP contribution is -2.67. The Balaban J connectivity index is 1.11. The van der Waals surface area contributed by atoms with Gasteiger partial charge in [-0.2, -0.15) is 0 Å². The number of hydrogen-bond donors (Lipinski definition) is 0. The van der Waals surface area contributed by atoms with Crippen molar-refractivity contribution in [1.29, 1.82) is 0 Å². The zero-order valence-corrected chi connectivity index (χ0v) is 35.1. The van der Waals surface area contributed by atoms with E-state index in [1.165, 1.54) is 0 Å². The van der Waals surface area contributed by atoms with Crippen molar-refractivity contribution in [3.05, 3.63) is 200 Å². The molecular formula is C57H51N4O+. The summed E-state index contributed by atoms with van der Waals surface area (Å²) >= 11 is 0. The molecule has 304 valence electrons. The van der Waals surface area contributed by atoms with Gasteiger partial charge < -0.3 is 4.74 Å². The number of hydrogen-bond acceptors (Lipinski definition) is 2. The second-order valence-electron chi connectivity index (χ2n) is 17.5. The smallest absolute Gasteiger partial charge is 0.186 e. The number of para-hydroxylation sites is 3. The van der Waals surface area contributed by atoms with Crippen LogP contribution in [0.15, 0.2) is 182 Å². The Morgan fingerprint density at radius 2 is 1.35 bits per heavy atom. The van der Waals surface area contributed by atoms with Crippen molar-refractivity contribution >= 4 is 44.6 Å². The van der Waals surface area contributed by atoms with Crippen molar-refractivity contribution < 1.29 is 21.2 Å². The van der Waals surface area contributed by atoms with Gasteiger partial charge in [0.15, 0.2) is 18.0 Å². The SMILES string of the molecule is [2H]c1c([2H])c([2H])c(-c2cccc(-c3c([2H])c([2H])c([2H])c([2H])c3[2H])c2[N@+]23[CH-][N@+](c4cccc(Oc5ccc6c7ccccc7n(-c7cc(C(C)(C)C)ccn7)c6c5)c4)(C2)c2cccc(C([2H])([2H])C(C)C)c23)c([2H])c1[2H]. The number of nitrogens with zero attached hydrogens (tertiary/aromatic N) is 4. The van der Waals surface area contributed by atoms with Crippen LogP contribution < -0.4 is 13.7 Å². The lowest BCUT2D eigenvalue weighted by atomic mass is 9.88. The van der Waals surface area contributed by atoms with Gasteiger partial charge >= 0.3 is 0 Å². The summed E-state index contributed by atoms with van der Waals surface area (Å²) < 4.78 is 117. The lowest BCUT2D eigenvalue weighted by Gasteiger charge is -2.57. The Bertz CT molecular complexity index is 3710. The van der Waals surface area contributed by atoms with Crippen molar-refractivity contribution in [2.75, 3.05) is 6.67 Å². The molecule has 0 spiro atoms. The van der Waals surface area contributed by atoms with Crippen molar-refractivity contribution in [2.45, 2.75) is 46.4 Å². The van der Waals surface area contributed by atoms with E-state index >= 15 is 0 Å². The predicted octanol–water partition coefficient (Wildman–Crippen LogP) is 15.2. The monoisotopic (exact) mass is 819 g/mol. The largest absolute Gasteiger partial charge is 0.457 e. The Morgan fingerprint density at radius 3 is 2.06 bits per heavy atom. The van der Waals surface area contributed by atoms with E-state index in [1.54, 1.807) is 38.1 Å². The highest BCUT2D eigenvalue weighted by molar-refractivity contribution is 6.09. The van der Waals surface area contributed by atoms with Crippen LogP contribution in [-0.2, 0) is 11.8 Å². The molecule has 0 saturated carbocycles. The number of fused-ring (bicyclic) bond motifs is 3. The second kappa shape index (κ2) is 14.4. The average molecular weight is 820 g/mol. The van der Waals surface area contributed by atoms with E-state index in [0.29, 0.717) is 28.4 Å².